The second-order valence-corrected chi connectivity index (χ2v) is 8.46. The molecule has 0 spiro atoms. The quantitative estimate of drug-likeness (QED) is 0.618. The summed E-state index contributed by atoms with van der Waals surface area (Å²) < 4.78 is 32.0. The van der Waals surface area contributed by atoms with E-state index in [4.69, 9.17) is 16.3 Å². The zero-order valence-electron chi connectivity index (χ0n) is 15.9. The van der Waals surface area contributed by atoms with Crippen molar-refractivity contribution < 1.29 is 13.2 Å². The van der Waals surface area contributed by atoms with Crippen LogP contribution in [0.2, 0.25) is 0 Å². The Hall–Kier alpha value is -2.35. The lowest BCUT2D eigenvalue weighted by Crippen LogP contribution is -2.30. The monoisotopic (exact) mass is 419 g/mol. The van der Waals surface area contributed by atoms with Crippen LogP contribution >= 0.6 is 11.6 Å². The summed E-state index contributed by atoms with van der Waals surface area (Å²) in [6.07, 6.45) is 1.78. The van der Waals surface area contributed by atoms with Crippen LogP contribution in [0.15, 0.2) is 47.4 Å². The minimum atomic E-state index is -3.53. The maximum absolute atomic E-state index is 12.7. The van der Waals surface area contributed by atoms with Crippen LogP contribution in [0.4, 0.5) is 0 Å². The lowest BCUT2D eigenvalue weighted by Gasteiger charge is -2.18. The lowest BCUT2D eigenvalue weighted by molar-refractivity contribution is 0.415. The number of halogens is 1. The average Bonchev–Trinajstić information content (AvgIpc) is 3.13. The fraction of sp³-hybridized carbons (Fsp3) is 0.250. The number of imidazole rings is 1. The third-order valence-electron chi connectivity index (χ3n) is 4.43. The highest BCUT2D eigenvalue weighted by molar-refractivity contribution is 7.89. The van der Waals surface area contributed by atoms with Crippen LogP contribution in [0.1, 0.15) is 25.2 Å². The molecule has 0 atom stereocenters. The van der Waals surface area contributed by atoms with E-state index < -0.39 is 10.0 Å². The topological polar surface area (TPSA) is 75.3 Å². The Bertz CT molecular complexity index is 1100. The van der Waals surface area contributed by atoms with Gasteiger partial charge in [-0.05, 0) is 42.0 Å². The molecular weight excluding hydrogens is 398 g/mol. The maximum atomic E-state index is 12.7. The number of benzene rings is 2. The maximum Gasteiger partial charge on any atom is 0.243 e. The van der Waals surface area contributed by atoms with Crippen LogP contribution in [-0.4, -0.2) is 42.9 Å². The third-order valence-corrected chi connectivity index (χ3v) is 6.77. The summed E-state index contributed by atoms with van der Waals surface area (Å²) in [7, 11) is -1.92. The third kappa shape index (κ3) is 4.06. The standard InChI is InChI=1S/C20H22ClN3O3S/c1-4-24(5-2)28(25,26)16-10-11-18-19(13-16)23-20(22-18)17(21)12-14-6-8-15(27-3)9-7-14/h6-13H,4-5H2,1-3H3,(H,22,23). The summed E-state index contributed by atoms with van der Waals surface area (Å²) in [6, 6.07) is 12.3. The van der Waals surface area contributed by atoms with Crippen molar-refractivity contribution >= 4 is 43.8 Å². The number of fused-ring (bicyclic) bond motifs is 1. The number of hydrogen-bond acceptors (Lipinski definition) is 4. The first kappa shape index (κ1) is 20.4. The summed E-state index contributed by atoms with van der Waals surface area (Å²) in [4.78, 5) is 7.80. The number of nitrogens with one attached hydrogen (secondary N) is 1. The largest absolute Gasteiger partial charge is 0.497 e. The molecule has 0 aliphatic heterocycles. The molecule has 6 nitrogen and oxygen atoms in total. The molecule has 0 saturated heterocycles. The molecule has 0 aliphatic rings. The van der Waals surface area contributed by atoms with Gasteiger partial charge in [0.25, 0.3) is 0 Å². The molecule has 0 amide bonds. The molecule has 3 aromatic rings. The van der Waals surface area contributed by atoms with Gasteiger partial charge in [-0.3, -0.25) is 0 Å². The van der Waals surface area contributed by atoms with Gasteiger partial charge in [-0.2, -0.15) is 4.31 Å². The molecule has 0 bridgehead atoms. The minimum Gasteiger partial charge on any atom is -0.497 e. The van der Waals surface area contributed by atoms with Crippen molar-refractivity contribution in [2.24, 2.45) is 0 Å². The van der Waals surface area contributed by atoms with Crippen molar-refractivity contribution in [1.82, 2.24) is 14.3 Å². The van der Waals surface area contributed by atoms with Gasteiger partial charge < -0.3 is 9.72 Å². The second kappa shape index (κ2) is 8.34. The van der Waals surface area contributed by atoms with E-state index in [2.05, 4.69) is 9.97 Å². The van der Waals surface area contributed by atoms with Crippen LogP contribution in [0.25, 0.3) is 22.1 Å². The molecule has 0 saturated carbocycles. The molecule has 0 radical (unpaired) electrons. The van der Waals surface area contributed by atoms with Crippen LogP contribution in [0.3, 0.4) is 0 Å². The SMILES string of the molecule is CCN(CC)S(=O)(=O)c1ccc2nc(C(Cl)=Cc3ccc(OC)cc3)[nH]c2c1. The van der Waals surface area contributed by atoms with Gasteiger partial charge >= 0.3 is 0 Å². The van der Waals surface area contributed by atoms with Crippen molar-refractivity contribution in [2.75, 3.05) is 20.2 Å². The van der Waals surface area contributed by atoms with Gasteiger partial charge in [0.15, 0.2) is 0 Å². The molecule has 148 valence electrons. The van der Waals surface area contributed by atoms with Gasteiger partial charge in [-0.1, -0.05) is 37.6 Å². The molecule has 0 unspecified atom stereocenters. The molecule has 28 heavy (non-hydrogen) atoms. The Labute approximate surface area is 169 Å². The molecule has 3 rings (SSSR count). The van der Waals surface area contributed by atoms with Gasteiger partial charge in [0, 0.05) is 13.1 Å². The Balaban J connectivity index is 1.95. The molecule has 8 heteroatoms. The van der Waals surface area contributed by atoms with Crippen LogP contribution < -0.4 is 4.74 Å². The van der Waals surface area contributed by atoms with Crippen molar-refractivity contribution in [2.45, 2.75) is 18.7 Å². The predicted octanol–water partition coefficient (Wildman–Crippen LogP) is 4.34. The first-order valence-electron chi connectivity index (χ1n) is 8.90. The van der Waals surface area contributed by atoms with Gasteiger partial charge in [-0.15, -0.1) is 0 Å². The van der Waals surface area contributed by atoms with E-state index in [1.807, 2.05) is 38.1 Å². The predicted molar refractivity (Wildman–Crippen MR) is 113 cm³/mol. The van der Waals surface area contributed by atoms with E-state index >= 15 is 0 Å². The highest BCUT2D eigenvalue weighted by Crippen LogP contribution is 2.26. The first-order valence-corrected chi connectivity index (χ1v) is 10.7. The Morgan fingerprint density at radius 2 is 1.86 bits per heavy atom. The highest BCUT2D eigenvalue weighted by atomic mass is 35.5. The highest BCUT2D eigenvalue weighted by Gasteiger charge is 2.22. The van der Waals surface area contributed by atoms with E-state index in [1.54, 1.807) is 31.4 Å². The number of rotatable bonds is 7. The van der Waals surface area contributed by atoms with Crippen molar-refractivity contribution in [3.8, 4) is 5.75 Å². The Kier molecular flexibility index (Phi) is 6.07. The van der Waals surface area contributed by atoms with Gasteiger partial charge in [-0.25, -0.2) is 13.4 Å². The van der Waals surface area contributed by atoms with E-state index in [0.717, 1.165) is 11.3 Å². The number of hydrogen-bond donors (Lipinski definition) is 1. The number of aromatic amines is 1. The summed E-state index contributed by atoms with van der Waals surface area (Å²) in [5.41, 5.74) is 2.16. The summed E-state index contributed by atoms with van der Waals surface area (Å²) in [6.45, 7) is 4.47. The van der Waals surface area contributed by atoms with Crippen molar-refractivity contribution in [3.05, 3.63) is 53.9 Å². The fourth-order valence-electron chi connectivity index (χ4n) is 2.89. The smallest absolute Gasteiger partial charge is 0.243 e. The molecule has 0 fully saturated rings. The molecule has 2 aromatic carbocycles. The van der Waals surface area contributed by atoms with E-state index in [9.17, 15) is 8.42 Å². The van der Waals surface area contributed by atoms with Crippen molar-refractivity contribution in [3.63, 3.8) is 0 Å². The molecule has 1 N–H and O–H groups in total. The van der Waals surface area contributed by atoms with Crippen LogP contribution in [0.5, 0.6) is 5.75 Å². The van der Waals surface area contributed by atoms with Gasteiger partial charge in [0.2, 0.25) is 10.0 Å². The summed E-state index contributed by atoms with van der Waals surface area (Å²) >= 11 is 6.42. The Morgan fingerprint density at radius 3 is 2.46 bits per heavy atom. The van der Waals surface area contributed by atoms with E-state index in [1.165, 1.54) is 4.31 Å². The first-order chi connectivity index (χ1) is 13.4. The van der Waals surface area contributed by atoms with Crippen molar-refractivity contribution in [1.29, 1.82) is 0 Å². The lowest BCUT2D eigenvalue weighted by atomic mass is 10.2. The summed E-state index contributed by atoms with van der Waals surface area (Å²) in [5.74, 6) is 1.24. The fourth-order valence-corrected chi connectivity index (χ4v) is 4.59. The number of ether oxygens (including phenoxy) is 1. The number of sulfonamides is 1. The number of methoxy groups -OCH3 is 1. The number of aromatic nitrogens is 2. The molecule has 1 aromatic heterocycles. The number of nitrogens with zero attached hydrogens (tertiary/aromatic N) is 2. The second-order valence-electron chi connectivity index (χ2n) is 6.12. The average molecular weight is 420 g/mol. The number of H-pyrrole nitrogens is 1. The summed E-state index contributed by atoms with van der Waals surface area (Å²) in [5, 5.41) is 0.425. The zero-order valence-corrected chi connectivity index (χ0v) is 17.5. The van der Waals surface area contributed by atoms with E-state index in [-0.39, 0.29) is 4.90 Å². The Morgan fingerprint density at radius 1 is 1.18 bits per heavy atom. The van der Waals surface area contributed by atoms with Crippen LogP contribution in [0, 0.1) is 0 Å². The molecular formula is C20H22ClN3O3S. The normalized spacial score (nSPS) is 12.7. The van der Waals surface area contributed by atoms with Gasteiger partial charge in [0.05, 0.1) is 28.1 Å². The van der Waals surface area contributed by atoms with Crippen LogP contribution in [-0.2, 0) is 10.0 Å². The molecule has 1 heterocycles. The van der Waals surface area contributed by atoms with Gasteiger partial charge in [0.1, 0.15) is 11.6 Å². The molecule has 0 aliphatic carbocycles. The van der Waals surface area contributed by atoms with E-state index in [0.29, 0.717) is 35.0 Å². The minimum absolute atomic E-state index is 0.231. The zero-order chi connectivity index (χ0) is 20.3.